The number of hydrogen-bond donors (Lipinski definition) is 1. The molecule has 0 bridgehead atoms. The maximum atomic E-state index is 5.63. The summed E-state index contributed by atoms with van der Waals surface area (Å²) in [6.07, 6.45) is 2.68. The molecular weight excluding hydrogens is 264 g/mol. The molecule has 0 aliphatic carbocycles. The molecule has 0 saturated carbocycles. The average Bonchev–Trinajstić information content (AvgIpc) is 3.18. The van der Waals surface area contributed by atoms with Crippen LogP contribution in [0.3, 0.4) is 0 Å². The molecule has 0 unspecified atom stereocenters. The molecule has 0 radical (unpaired) electrons. The molecule has 21 heavy (non-hydrogen) atoms. The molecule has 112 valence electrons. The number of aryl methyl sites for hydroxylation is 1. The van der Waals surface area contributed by atoms with E-state index in [1.807, 2.05) is 18.2 Å². The molecule has 2 aromatic rings. The second-order valence-electron chi connectivity index (χ2n) is 5.32. The average molecular weight is 286 g/mol. The monoisotopic (exact) mass is 286 g/mol. The van der Waals surface area contributed by atoms with E-state index >= 15 is 0 Å². The summed E-state index contributed by atoms with van der Waals surface area (Å²) >= 11 is 0. The molecule has 1 aliphatic heterocycles. The summed E-state index contributed by atoms with van der Waals surface area (Å²) in [5.74, 6) is 0. The SMILES string of the molecule is CCn1nc(CNC[C@H]2CCCO2)c(-c2ccccc2)n1. The molecule has 1 N–H and O–H groups in total. The van der Waals surface area contributed by atoms with Crippen molar-refractivity contribution in [3.63, 3.8) is 0 Å². The first-order valence-electron chi connectivity index (χ1n) is 7.68. The van der Waals surface area contributed by atoms with Gasteiger partial charge in [0.1, 0.15) is 11.4 Å². The molecule has 3 rings (SSSR count). The van der Waals surface area contributed by atoms with Crippen LogP contribution in [0.1, 0.15) is 25.5 Å². The minimum Gasteiger partial charge on any atom is -0.377 e. The summed E-state index contributed by atoms with van der Waals surface area (Å²) < 4.78 is 5.63. The van der Waals surface area contributed by atoms with Crippen LogP contribution < -0.4 is 5.32 Å². The number of benzene rings is 1. The van der Waals surface area contributed by atoms with Gasteiger partial charge < -0.3 is 10.1 Å². The lowest BCUT2D eigenvalue weighted by Gasteiger charge is -2.09. The van der Waals surface area contributed by atoms with Gasteiger partial charge in [-0.3, -0.25) is 0 Å². The summed E-state index contributed by atoms with van der Waals surface area (Å²) in [5, 5.41) is 12.6. The van der Waals surface area contributed by atoms with E-state index in [1.165, 1.54) is 6.42 Å². The molecule has 0 spiro atoms. The zero-order chi connectivity index (χ0) is 14.5. The molecule has 1 saturated heterocycles. The third-order valence-electron chi connectivity index (χ3n) is 3.74. The van der Waals surface area contributed by atoms with E-state index in [1.54, 1.807) is 4.80 Å². The minimum atomic E-state index is 0.353. The summed E-state index contributed by atoms with van der Waals surface area (Å²) in [4.78, 5) is 1.76. The Kier molecular flexibility index (Phi) is 4.62. The lowest BCUT2D eigenvalue weighted by atomic mass is 10.1. The Balaban J connectivity index is 1.69. The van der Waals surface area contributed by atoms with Gasteiger partial charge >= 0.3 is 0 Å². The van der Waals surface area contributed by atoms with Crippen molar-refractivity contribution in [1.82, 2.24) is 20.3 Å². The van der Waals surface area contributed by atoms with Gasteiger partial charge in [-0.1, -0.05) is 30.3 Å². The molecule has 1 fully saturated rings. The summed E-state index contributed by atoms with van der Waals surface area (Å²) in [6.45, 7) is 5.34. The highest BCUT2D eigenvalue weighted by molar-refractivity contribution is 5.60. The third kappa shape index (κ3) is 3.49. The second-order valence-corrected chi connectivity index (χ2v) is 5.32. The molecule has 1 atom stereocenters. The second kappa shape index (κ2) is 6.83. The van der Waals surface area contributed by atoms with E-state index in [9.17, 15) is 0 Å². The third-order valence-corrected chi connectivity index (χ3v) is 3.74. The Morgan fingerprint density at radius 3 is 2.86 bits per heavy atom. The van der Waals surface area contributed by atoms with E-state index in [4.69, 9.17) is 4.74 Å². The smallest absolute Gasteiger partial charge is 0.117 e. The van der Waals surface area contributed by atoms with E-state index in [0.29, 0.717) is 6.10 Å². The van der Waals surface area contributed by atoms with Crippen molar-refractivity contribution in [3.8, 4) is 11.3 Å². The first-order chi connectivity index (χ1) is 10.4. The van der Waals surface area contributed by atoms with Crippen LogP contribution in [-0.2, 0) is 17.8 Å². The van der Waals surface area contributed by atoms with Gasteiger partial charge in [-0.15, -0.1) is 0 Å². The zero-order valence-electron chi connectivity index (χ0n) is 12.5. The number of ether oxygens (including phenoxy) is 1. The molecule has 5 nitrogen and oxygen atoms in total. The number of rotatable bonds is 6. The van der Waals surface area contributed by atoms with Gasteiger partial charge in [0.15, 0.2) is 0 Å². The lowest BCUT2D eigenvalue weighted by Crippen LogP contribution is -2.26. The normalized spacial score (nSPS) is 18.2. The molecular formula is C16H22N4O. The fourth-order valence-electron chi connectivity index (χ4n) is 2.62. The number of nitrogens with zero attached hydrogens (tertiary/aromatic N) is 3. The number of aromatic nitrogens is 3. The van der Waals surface area contributed by atoms with Crippen LogP contribution in [0.15, 0.2) is 30.3 Å². The highest BCUT2D eigenvalue weighted by atomic mass is 16.5. The van der Waals surface area contributed by atoms with Crippen LogP contribution in [-0.4, -0.2) is 34.2 Å². The van der Waals surface area contributed by atoms with Crippen LogP contribution in [0.2, 0.25) is 0 Å². The van der Waals surface area contributed by atoms with Crippen molar-refractivity contribution in [1.29, 1.82) is 0 Å². The summed E-state index contributed by atoms with van der Waals surface area (Å²) in [5.41, 5.74) is 3.09. The molecule has 1 aliphatic rings. The molecule has 0 amide bonds. The van der Waals surface area contributed by atoms with Crippen molar-refractivity contribution in [2.75, 3.05) is 13.2 Å². The van der Waals surface area contributed by atoms with Crippen LogP contribution >= 0.6 is 0 Å². The van der Waals surface area contributed by atoms with E-state index in [2.05, 4.69) is 34.6 Å². The van der Waals surface area contributed by atoms with Gasteiger partial charge in [0.05, 0.1) is 12.6 Å². The first-order valence-corrected chi connectivity index (χ1v) is 7.68. The van der Waals surface area contributed by atoms with Gasteiger partial charge in [0.2, 0.25) is 0 Å². The van der Waals surface area contributed by atoms with Gasteiger partial charge in [0, 0.05) is 25.3 Å². The maximum absolute atomic E-state index is 5.63. The van der Waals surface area contributed by atoms with Gasteiger partial charge in [-0.25, -0.2) is 0 Å². The van der Waals surface area contributed by atoms with Crippen molar-refractivity contribution >= 4 is 0 Å². The Bertz CT molecular complexity index is 561. The first kappa shape index (κ1) is 14.2. The zero-order valence-corrected chi connectivity index (χ0v) is 12.5. The standard InChI is InChI=1S/C16H22N4O/c1-2-20-18-15(12-17-11-14-9-6-10-21-14)16(19-20)13-7-4-3-5-8-13/h3-5,7-8,14,17H,2,6,9-12H2,1H3/t14-/m1/s1. The Morgan fingerprint density at radius 2 is 2.14 bits per heavy atom. The topological polar surface area (TPSA) is 52.0 Å². The van der Waals surface area contributed by atoms with E-state index < -0.39 is 0 Å². The van der Waals surface area contributed by atoms with Crippen LogP contribution in [0.5, 0.6) is 0 Å². The van der Waals surface area contributed by atoms with E-state index in [-0.39, 0.29) is 0 Å². The highest BCUT2D eigenvalue weighted by Gasteiger charge is 2.16. The molecule has 2 heterocycles. The molecule has 5 heteroatoms. The summed E-state index contributed by atoms with van der Waals surface area (Å²) in [6, 6.07) is 10.2. The van der Waals surface area contributed by atoms with Gasteiger partial charge in [-0.05, 0) is 19.8 Å². The number of hydrogen-bond acceptors (Lipinski definition) is 4. The Labute approximate surface area is 125 Å². The largest absolute Gasteiger partial charge is 0.377 e. The fraction of sp³-hybridized carbons (Fsp3) is 0.500. The highest BCUT2D eigenvalue weighted by Crippen LogP contribution is 2.20. The van der Waals surface area contributed by atoms with E-state index in [0.717, 1.165) is 49.6 Å². The predicted octanol–water partition coefficient (Wildman–Crippen LogP) is 2.23. The van der Waals surface area contributed by atoms with Gasteiger partial charge in [0.25, 0.3) is 0 Å². The number of nitrogens with one attached hydrogen (secondary N) is 1. The van der Waals surface area contributed by atoms with Crippen molar-refractivity contribution in [2.24, 2.45) is 0 Å². The predicted molar refractivity (Wildman–Crippen MR) is 81.8 cm³/mol. The maximum Gasteiger partial charge on any atom is 0.117 e. The molecule has 1 aromatic heterocycles. The van der Waals surface area contributed by atoms with Crippen molar-refractivity contribution in [3.05, 3.63) is 36.0 Å². The van der Waals surface area contributed by atoms with Crippen LogP contribution in [0.25, 0.3) is 11.3 Å². The Hall–Kier alpha value is -1.72. The quantitative estimate of drug-likeness (QED) is 0.885. The summed E-state index contributed by atoms with van der Waals surface area (Å²) in [7, 11) is 0. The minimum absolute atomic E-state index is 0.353. The fourth-order valence-corrected chi connectivity index (χ4v) is 2.62. The van der Waals surface area contributed by atoms with Crippen molar-refractivity contribution in [2.45, 2.75) is 39.0 Å². The lowest BCUT2D eigenvalue weighted by molar-refractivity contribution is 0.110. The molecule has 1 aromatic carbocycles. The van der Waals surface area contributed by atoms with Crippen LogP contribution in [0.4, 0.5) is 0 Å². The Morgan fingerprint density at radius 1 is 1.29 bits per heavy atom. The van der Waals surface area contributed by atoms with Crippen LogP contribution in [0, 0.1) is 0 Å². The van der Waals surface area contributed by atoms with Crippen molar-refractivity contribution < 1.29 is 4.74 Å². The van der Waals surface area contributed by atoms with Gasteiger partial charge in [-0.2, -0.15) is 15.0 Å².